The second kappa shape index (κ2) is 13.1. The maximum Gasteiger partial charge on any atom is 0.271 e. The van der Waals surface area contributed by atoms with Crippen LogP contribution in [0.4, 0.5) is 11.4 Å². The van der Waals surface area contributed by atoms with Crippen LogP contribution in [-0.4, -0.2) is 62.0 Å². The Labute approximate surface area is 231 Å². The van der Waals surface area contributed by atoms with Crippen molar-refractivity contribution < 1.29 is 27.7 Å². The molecule has 0 aliphatic carbocycles. The highest BCUT2D eigenvalue weighted by Gasteiger charge is 2.32. The first-order chi connectivity index (χ1) is 17.7. The number of nitrogens with one attached hydrogen (secondary N) is 1. The van der Waals surface area contributed by atoms with E-state index in [9.17, 15) is 28.1 Å². The number of non-ortho nitro benzene ring substituents is 1. The van der Waals surface area contributed by atoms with E-state index in [0.29, 0.717) is 21.3 Å². The Bertz CT molecular complexity index is 1310. The van der Waals surface area contributed by atoms with Gasteiger partial charge in [0.15, 0.2) is 0 Å². The van der Waals surface area contributed by atoms with Crippen molar-refractivity contribution in [2.45, 2.75) is 45.8 Å². The van der Waals surface area contributed by atoms with Gasteiger partial charge < -0.3 is 15.0 Å². The van der Waals surface area contributed by atoms with Gasteiger partial charge in [0.1, 0.15) is 24.0 Å². The van der Waals surface area contributed by atoms with Gasteiger partial charge in [0.05, 0.1) is 28.3 Å². The molecule has 2 aromatic carbocycles. The van der Waals surface area contributed by atoms with Crippen LogP contribution in [-0.2, 0) is 26.2 Å². The molecule has 14 heteroatoms. The topological polar surface area (TPSA) is 139 Å². The average Bonchev–Trinajstić information content (AvgIpc) is 2.85. The number of hydrogen-bond acceptors (Lipinski definition) is 7. The number of sulfonamides is 1. The van der Waals surface area contributed by atoms with Crippen LogP contribution in [0.2, 0.25) is 10.0 Å². The molecule has 2 amide bonds. The summed E-state index contributed by atoms with van der Waals surface area (Å²) in [4.78, 5) is 38.5. The second-order valence-electron chi connectivity index (χ2n) is 8.65. The molecule has 0 saturated heterocycles. The van der Waals surface area contributed by atoms with Crippen molar-refractivity contribution in [3.05, 3.63) is 62.1 Å². The number of anilines is 1. The lowest BCUT2D eigenvalue weighted by Crippen LogP contribution is -2.52. The lowest BCUT2D eigenvalue weighted by molar-refractivity contribution is -0.384. The molecule has 38 heavy (non-hydrogen) atoms. The van der Waals surface area contributed by atoms with E-state index >= 15 is 0 Å². The lowest BCUT2D eigenvalue weighted by atomic mass is 10.1. The molecule has 11 nitrogen and oxygen atoms in total. The molecule has 0 saturated carbocycles. The minimum absolute atomic E-state index is 0.00687. The summed E-state index contributed by atoms with van der Waals surface area (Å²) in [6, 6.07) is 6.97. The first-order valence-corrected chi connectivity index (χ1v) is 14.1. The Balaban J connectivity index is 2.53. The van der Waals surface area contributed by atoms with Gasteiger partial charge in [-0.15, -0.1) is 0 Å². The number of amides is 2. The summed E-state index contributed by atoms with van der Waals surface area (Å²) in [6.07, 6.45) is 1.52. The fraction of sp³-hybridized carbons (Fsp3) is 0.417. The van der Waals surface area contributed by atoms with E-state index < -0.39 is 45.0 Å². The van der Waals surface area contributed by atoms with E-state index in [2.05, 4.69) is 5.32 Å². The molecule has 0 heterocycles. The Morgan fingerprint density at radius 2 is 1.79 bits per heavy atom. The van der Waals surface area contributed by atoms with E-state index in [4.69, 9.17) is 27.9 Å². The molecule has 2 atom stereocenters. The zero-order chi connectivity index (χ0) is 28.8. The number of carbonyl (C=O) groups is 2. The van der Waals surface area contributed by atoms with E-state index in [0.717, 1.165) is 18.4 Å². The van der Waals surface area contributed by atoms with Crippen LogP contribution in [0.3, 0.4) is 0 Å². The zero-order valence-electron chi connectivity index (χ0n) is 21.6. The highest BCUT2D eigenvalue weighted by Crippen LogP contribution is 2.34. The summed E-state index contributed by atoms with van der Waals surface area (Å²) >= 11 is 12.1. The highest BCUT2D eigenvalue weighted by atomic mass is 35.5. The van der Waals surface area contributed by atoms with Crippen molar-refractivity contribution in [1.82, 2.24) is 10.2 Å². The largest absolute Gasteiger partial charge is 0.495 e. The van der Waals surface area contributed by atoms with Crippen LogP contribution in [0.5, 0.6) is 5.75 Å². The summed E-state index contributed by atoms with van der Waals surface area (Å²) in [5.41, 5.74) is -0.0330. The van der Waals surface area contributed by atoms with Gasteiger partial charge in [-0.25, -0.2) is 8.42 Å². The summed E-state index contributed by atoms with van der Waals surface area (Å²) in [5.74, 6) is -1.17. The molecule has 2 rings (SSSR count). The molecule has 0 bridgehead atoms. The minimum Gasteiger partial charge on any atom is -0.495 e. The third-order valence-corrected chi connectivity index (χ3v) is 7.69. The van der Waals surface area contributed by atoms with Crippen LogP contribution in [0.25, 0.3) is 0 Å². The summed E-state index contributed by atoms with van der Waals surface area (Å²) in [5, 5.41) is 14.7. The van der Waals surface area contributed by atoms with Crippen molar-refractivity contribution in [2.24, 2.45) is 0 Å². The van der Waals surface area contributed by atoms with Gasteiger partial charge in [0, 0.05) is 24.7 Å². The quantitative estimate of drug-likeness (QED) is 0.292. The number of hydrogen-bond donors (Lipinski definition) is 1. The molecule has 0 radical (unpaired) electrons. The molecule has 0 aliphatic heterocycles. The molecule has 0 fully saturated rings. The maximum atomic E-state index is 13.7. The first kappa shape index (κ1) is 31.1. The van der Waals surface area contributed by atoms with E-state index in [1.54, 1.807) is 18.2 Å². The molecule has 0 aliphatic rings. The zero-order valence-corrected chi connectivity index (χ0v) is 23.9. The minimum atomic E-state index is -4.13. The Morgan fingerprint density at radius 1 is 1.13 bits per heavy atom. The van der Waals surface area contributed by atoms with Gasteiger partial charge in [0.25, 0.3) is 5.69 Å². The van der Waals surface area contributed by atoms with E-state index in [-0.39, 0.29) is 29.0 Å². The lowest BCUT2D eigenvalue weighted by Gasteiger charge is -2.32. The summed E-state index contributed by atoms with van der Waals surface area (Å²) in [6.45, 7) is 4.39. The number of ether oxygens (including phenoxy) is 1. The fourth-order valence-corrected chi connectivity index (χ4v) is 4.63. The van der Waals surface area contributed by atoms with Crippen LogP contribution < -0.4 is 14.4 Å². The van der Waals surface area contributed by atoms with E-state index in [1.165, 1.54) is 25.0 Å². The SMILES string of the molecule is CC[C@@H](C)NC(=O)[C@@H](C)N(Cc1ccc(Cl)c(Cl)c1)C(=O)CN(c1cc([N+](=O)[O-])ccc1OC)S(C)(=O)=O. The van der Waals surface area contributed by atoms with Gasteiger partial charge in [-0.1, -0.05) is 36.2 Å². The maximum absolute atomic E-state index is 13.7. The predicted molar refractivity (Wildman–Crippen MR) is 146 cm³/mol. The second-order valence-corrected chi connectivity index (χ2v) is 11.4. The van der Waals surface area contributed by atoms with Crippen molar-refractivity contribution in [3.63, 3.8) is 0 Å². The van der Waals surface area contributed by atoms with Crippen LogP contribution in [0.15, 0.2) is 36.4 Å². The average molecular weight is 589 g/mol. The number of halogens is 2. The number of carbonyl (C=O) groups excluding carboxylic acids is 2. The predicted octanol–water partition coefficient (Wildman–Crippen LogP) is 4.01. The summed E-state index contributed by atoms with van der Waals surface area (Å²) < 4.78 is 31.5. The van der Waals surface area contributed by atoms with Gasteiger partial charge in [0.2, 0.25) is 21.8 Å². The number of nitrogens with zero attached hydrogens (tertiary/aromatic N) is 3. The first-order valence-electron chi connectivity index (χ1n) is 11.5. The molecule has 1 N–H and O–H groups in total. The van der Waals surface area contributed by atoms with Gasteiger partial charge >= 0.3 is 0 Å². The van der Waals surface area contributed by atoms with Crippen molar-refractivity contribution in [3.8, 4) is 5.75 Å². The summed E-state index contributed by atoms with van der Waals surface area (Å²) in [7, 11) is -2.86. The third kappa shape index (κ3) is 7.95. The Morgan fingerprint density at radius 3 is 2.32 bits per heavy atom. The van der Waals surface area contributed by atoms with Gasteiger partial charge in [-0.3, -0.25) is 24.0 Å². The molecule has 208 valence electrons. The number of nitro benzene ring substituents is 1. The van der Waals surface area contributed by atoms with Gasteiger partial charge in [-0.2, -0.15) is 0 Å². The standard InChI is InChI=1S/C24H30Cl2N4O7S/c1-6-15(2)27-24(32)16(3)28(13-17-7-9-19(25)20(26)11-17)23(31)14-29(38(5,35)36)21-12-18(30(33)34)8-10-22(21)37-4/h7-12,15-16H,6,13-14H2,1-5H3,(H,27,32)/t15-,16-/m1/s1. The fourth-order valence-electron chi connectivity index (χ4n) is 3.46. The number of nitro groups is 1. The Hall–Kier alpha value is -3.09. The number of rotatable bonds is 12. The number of benzene rings is 2. The molecule has 0 spiro atoms. The normalized spacial score (nSPS) is 12.8. The van der Waals surface area contributed by atoms with Gasteiger partial charge in [-0.05, 0) is 44.0 Å². The highest BCUT2D eigenvalue weighted by molar-refractivity contribution is 7.92. The molecular weight excluding hydrogens is 559 g/mol. The van der Waals surface area contributed by atoms with Crippen molar-refractivity contribution in [1.29, 1.82) is 0 Å². The van der Waals surface area contributed by atoms with Crippen LogP contribution in [0.1, 0.15) is 32.8 Å². The van der Waals surface area contributed by atoms with Crippen molar-refractivity contribution in [2.75, 3.05) is 24.2 Å². The number of methoxy groups -OCH3 is 1. The van der Waals surface area contributed by atoms with Crippen LogP contribution in [0, 0.1) is 10.1 Å². The molecule has 2 aromatic rings. The van der Waals surface area contributed by atoms with Crippen LogP contribution >= 0.6 is 23.2 Å². The monoisotopic (exact) mass is 588 g/mol. The van der Waals surface area contributed by atoms with Crippen molar-refractivity contribution >= 4 is 56.4 Å². The van der Waals surface area contributed by atoms with E-state index in [1.807, 2.05) is 13.8 Å². The molecular formula is C24H30Cl2N4O7S. The smallest absolute Gasteiger partial charge is 0.271 e. The Kier molecular flexibility index (Phi) is 10.7. The molecule has 0 aromatic heterocycles. The molecule has 0 unspecified atom stereocenters. The third-order valence-electron chi connectivity index (χ3n) is 5.83.